The lowest BCUT2D eigenvalue weighted by Crippen LogP contribution is -2.23. The van der Waals surface area contributed by atoms with E-state index in [-0.39, 0.29) is 11.5 Å². The molecule has 9 heteroatoms. The maximum Gasteiger partial charge on any atom is 0.282 e. The molecule has 180 valence electrons. The number of halogens is 4. The topological polar surface area (TPSA) is 56.5 Å². The Morgan fingerprint density at radius 2 is 1.89 bits per heavy atom. The molecule has 4 aromatic rings. The average molecular weight is 777 g/mol. The molecule has 1 aromatic heterocycles. The van der Waals surface area contributed by atoms with E-state index in [9.17, 15) is 4.79 Å². The highest BCUT2D eigenvalue weighted by Crippen LogP contribution is 2.30. The van der Waals surface area contributed by atoms with Crippen LogP contribution in [0.15, 0.2) is 69.0 Å². The summed E-state index contributed by atoms with van der Waals surface area (Å²) in [5.74, 6) is 1.51. The Labute approximate surface area is 244 Å². The van der Waals surface area contributed by atoms with Crippen molar-refractivity contribution in [3.05, 3.63) is 98.5 Å². The van der Waals surface area contributed by atoms with Crippen molar-refractivity contribution in [1.82, 2.24) is 9.66 Å². The van der Waals surface area contributed by atoms with Gasteiger partial charge in [0.15, 0.2) is 0 Å². The van der Waals surface area contributed by atoms with Crippen molar-refractivity contribution in [3.8, 4) is 5.75 Å². The molecule has 35 heavy (non-hydrogen) atoms. The Hall–Kier alpha value is -1.50. The van der Waals surface area contributed by atoms with Gasteiger partial charge in [0.25, 0.3) is 5.56 Å². The number of aromatic nitrogens is 2. The van der Waals surface area contributed by atoms with E-state index in [0.29, 0.717) is 28.4 Å². The van der Waals surface area contributed by atoms with Crippen LogP contribution in [0.2, 0.25) is 5.02 Å². The van der Waals surface area contributed by atoms with Gasteiger partial charge in [-0.3, -0.25) is 4.79 Å². The Kier molecular flexibility index (Phi) is 8.88. The molecule has 0 bridgehead atoms. The first-order chi connectivity index (χ1) is 16.8. The molecule has 1 heterocycles. The van der Waals surface area contributed by atoms with E-state index in [1.807, 2.05) is 48.5 Å². The fourth-order valence-corrected chi connectivity index (χ4v) is 6.14. The molecule has 1 atom stereocenters. The van der Waals surface area contributed by atoms with Crippen LogP contribution in [0.5, 0.6) is 5.75 Å². The molecule has 0 unspecified atom stereocenters. The van der Waals surface area contributed by atoms with Crippen LogP contribution < -0.4 is 10.3 Å². The first kappa shape index (κ1) is 26.6. The molecule has 0 saturated carbocycles. The second-order valence-corrected chi connectivity index (χ2v) is 11.6. The van der Waals surface area contributed by atoms with Gasteiger partial charge in [-0.2, -0.15) is 9.78 Å². The average Bonchev–Trinajstić information content (AvgIpc) is 2.83. The fraction of sp³-hybridized carbons (Fsp3) is 0.192. The second-order valence-electron chi connectivity index (χ2n) is 8.00. The zero-order valence-electron chi connectivity index (χ0n) is 18.9. The van der Waals surface area contributed by atoms with Crippen LogP contribution in [-0.4, -0.2) is 15.9 Å². The number of hydrogen-bond donors (Lipinski definition) is 0. The molecule has 5 nitrogen and oxygen atoms in total. The lowest BCUT2D eigenvalue weighted by atomic mass is 10.1. The van der Waals surface area contributed by atoms with E-state index in [0.717, 1.165) is 34.9 Å². The predicted octanol–water partition coefficient (Wildman–Crippen LogP) is 8.00. The van der Waals surface area contributed by atoms with Gasteiger partial charge in [0.05, 0.1) is 24.3 Å². The summed E-state index contributed by atoms with van der Waals surface area (Å²) in [5.41, 5.74) is 2.27. The summed E-state index contributed by atoms with van der Waals surface area (Å²) in [7, 11) is 0. The van der Waals surface area contributed by atoms with Gasteiger partial charge in [-0.15, -0.1) is 0 Å². The number of nitrogens with zero attached hydrogens (tertiary/aromatic N) is 3. The molecule has 0 fully saturated rings. The molecule has 0 aliphatic rings. The van der Waals surface area contributed by atoms with Gasteiger partial charge in [-0.05, 0) is 93.6 Å². The minimum atomic E-state index is -0.188. The van der Waals surface area contributed by atoms with Gasteiger partial charge >= 0.3 is 0 Å². The summed E-state index contributed by atoms with van der Waals surface area (Å²) < 4.78 is 10.2. The molecule has 0 radical (unpaired) electrons. The highest BCUT2D eigenvalue weighted by atomic mass is 127. The smallest absolute Gasteiger partial charge is 0.282 e. The van der Waals surface area contributed by atoms with Crippen LogP contribution >= 0.6 is 72.7 Å². The van der Waals surface area contributed by atoms with E-state index >= 15 is 0 Å². The van der Waals surface area contributed by atoms with E-state index in [2.05, 4.69) is 80.1 Å². The van der Waals surface area contributed by atoms with Crippen LogP contribution in [0.25, 0.3) is 10.9 Å². The van der Waals surface area contributed by atoms with Crippen molar-refractivity contribution >= 4 is 89.8 Å². The third kappa shape index (κ3) is 6.08. The van der Waals surface area contributed by atoms with Crippen molar-refractivity contribution in [2.24, 2.45) is 5.10 Å². The minimum Gasteiger partial charge on any atom is -0.487 e. The second kappa shape index (κ2) is 11.7. The van der Waals surface area contributed by atoms with Crippen molar-refractivity contribution in [3.63, 3.8) is 0 Å². The van der Waals surface area contributed by atoms with Crippen LogP contribution in [0.3, 0.4) is 0 Å². The third-order valence-corrected chi connectivity index (χ3v) is 8.02. The summed E-state index contributed by atoms with van der Waals surface area (Å²) in [4.78, 5) is 18.1. The monoisotopic (exact) mass is 775 g/mol. The first-order valence-electron chi connectivity index (χ1n) is 10.9. The number of ether oxygens (including phenoxy) is 1. The first-order valence-corrected chi connectivity index (χ1v) is 14.2. The molecule has 0 amide bonds. The van der Waals surface area contributed by atoms with Crippen molar-refractivity contribution in [1.29, 1.82) is 0 Å². The summed E-state index contributed by atoms with van der Waals surface area (Å²) in [5, 5.41) is 5.78. The van der Waals surface area contributed by atoms with Gasteiger partial charge in [-0.1, -0.05) is 59.6 Å². The molecule has 0 aliphatic heterocycles. The SMILES string of the molecule is CC[C@H](C)c1nc2ccc(Br)cc2c(=O)n1N=Cc1cc(I)c(OCc2ccccc2Cl)c(I)c1. The number of hydrogen-bond acceptors (Lipinski definition) is 4. The quantitative estimate of drug-likeness (QED) is 0.141. The van der Waals surface area contributed by atoms with E-state index in [1.165, 1.54) is 4.68 Å². The van der Waals surface area contributed by atoms with E-state index in [4.69, 9.17) is 21.3 Å². The van der Waals surface area contributed by atoms with Crippen LogP contribution in [0, 0.1) is 7.14 Å². The molecule has 0 aliphatic carbocycles. The zero-order chi connectivity index (χ0) is 25.1. The summed E-state index contributed by atoms with van der Waals surface area (Å²) >= 11 is 14.2. The van der Waals surface area contributed by atoms with Gasteiger partial charge in [-0.25, -0.2) is 4.98 Å². The number of fused-ring (bicyclic) bond motifs is 1. The third-order valence-electron chi connectivity index (χ3n) is 5.56. The largest absolute Gasteiger partial charge is 0.487 e. The molecular weight excluding hydrogens is 755 g/mol. The molecule has 3 aromatic carbocycles. The van der Waals surface area contributed by atoms with Gasteiger partial charge < -0.3 is 4.74 Å². The lowest BCUT2D eigenvalue weighted by molar-refractivity contribution is 0.302. The van der Waals surface area contributed by atoms with Gasteiger partial charge in [0.2, 0.25) is 0 Å². The van der Waals surface area contributed by atoms with Crippen molar-refractivity contribution in [2.45, 2.75) is 32.8 Å². The van der Waals surface area contributed by atoms with Crippen molar-refractivity contribution in [2.75, 3.05) is 0 Å². The summed E-state index contributed by atoms with van der Waals surface area (Å²) in [6.45, 7) is 4.50. The number of rotatable bonds is 7. The van der Waals surface area contributed by atoms with Crippen LogP contribution in [0.4, 0.5) is 0 Å². The van der Waals surface area contributed by atoms with Crippen LogP contribution in [-0.2, 0) is 6.61 Å². The number of benzene rings is 3. The van der Waals surface area contributed by atoms with Crippen molar-refractivity contribution < 1.29 is 4.74 Å². The molecule has 0 N–H and O–H groups in total. The Morgan fingerprint density at radius 3 is 2.57 bits per heavy atom. The highest BCUT2D eigenvalue weighted by molar-refractivity contribution is 14.1. The maximum atomic E-state index is 13.3. The van der Waals surface area contributed by atoms with Gasteiger partial charge in [0.1, 0.15) is 18.2 Å². The Morgan fingerprint density at radius 1 is 1.17 bits per heavy atom. The minimum absolute atomic E-state index is 0.0776. The Bertz CT molecular complexity index is 1470. The summed E-state index contributed by atoms with van der Waals surface area (Å²) in [6.07, 6.45) is 2.54. The molecular formula is C26H21BrClI2N3O2. The highest BCUT2D eigenvalue weighted by Gasteiger charge is 2.16. The Balaban J connectivity index is 1.68. The standard InChI is InChI=1S/C26H21BrClI2N3O2/c1-3-15(2)25-32-23-9-8-18(27)12-19(23)26(34)33(25)31-13-16-10-21(29)24(22(30)11-16)35-14-17-6-4-5-7-20(17)28/h4-13,15H,3,14H2,1-2H3/t15-/m0/s1. The molecule has 0 spiro atoms. The zero-order valence-corrected chi connectivity index (χ0v) is 25.6. The van der Waals surface area contributed by atoms with E-state index < -0.39 is 0 Å². The normalized spacial score (nSPS) is 12.4. The molecule has 4 rings (SSSR count). The lowest BCUT2D eigenvalue weighted by Gasteiger charge is -2.14. The van der Waals surface area contributed by atoms with E-state index in [1.54, 1.807) is 12.3 Å². The van der Waals surface area contributed by atoms with Gasteiger partial charge in [0, 0.05) is 21.0 Å². The van der Waals surface area contributed by atoms with Crippen LogP contribution in [0.1, 0.15) is 43.1 Å². The summed E-state index contributed by atoms with van der Waals surface area (Å²) in [6, 6.07) is 17.1. The maximum absolute atomic E-state index is 13.3. The molecule has 0 saturated heterocycles. The fourth-order valence-electron chi connectivity index (χ4n) is 3.46. The predicted molar refractivity (Wildman–Crippen MR) is 163 cm³/mol.